The van der Waals surface area contributed by atoms with Gasteiger partial charge in [0.1, 0.15) is 29.5 Å². The number of phenolic OH excluding ortho intramolecular Hbond substituents is 1. The number of carbonyl (C=O) groups excluding carboxylic acids is 2. The maximum atomic E-state index is 15.3. The molecule has 75 heavy (non-hydrogen) atoms. The van der Waals surface area contributed by atoms with Crippen molar-refractivity contribution in [2.45, 2.75) is 169 Å². The van der Waals surface area contributed by atoms with Crippen molar-refractivity contribution in [3.8, 4) is 11.5 Å². The fourth-order valence-corrected chi connectivity index (χ4v) is 19.1. The topological polar surface area (TPSA) is 243 Å². The largest absolute Gasteiger partial charge is 0.507 e. The number of aromatic hydroxyl groups is 1. The van der Waals surface area contributed by atoms with E-state index in [1.54, 1.807) is 43.7 Å². The summed E-state index contributed by atoms with van der Waals surface area (Å²) in [5.74, 6) is -3.85. The second-order valence-electron chi connectivity index (χ2n) is 25.1. The van der Waals surface area contributed by atoms with E-state index in [9.17, 15) is 30.6 Å². The third-order valence-electron chi connectivity index (χ3n) is 22.0. The van der Waals surface area contributed by atoms with E-state index in [4.69, 9.17) is 14.5 Å². The molecule has 0 amide bonds. The van der Waals surface area contributed by atoms with Gasteiger partial charge in [0, 0.05) is 68.9 Å². The predicted octanol–water partition coefficient (Wildman–Crippen LogP) is 7.37. The van der Waals surface area contributed by atoms with Gasteiger partial charge in [0.25, 0.3) is 5.79 Å². The molecule has 8 bridgehead atoms. The van der Waals surface area contributed by atoms with Gasteiger partial charge in [-0.2, -0.15) is 0 Å². The molecule has 3 aromatic heterocycles. The van der Waals surface area contributed by atoms with Crippen molar-refractivity contribution in [3.05, 3.63) is 116 Å². The number of rotatable bonds is 1. The smallest absolute Gasteiger partial charge is 0.261 e. The average Bonchev–Trinajstić information content (AvgIpc) is 4.47. The number of hydrogen-bond donors (Lipinski definition) is 9. The predicted molar refractivity (Wildman–Crippen MR) is 273 cm³/mol. The Kier molecular flexibility index (Phi) is 9.02. The number of carbonyl (C=O) groups is 2. The number of nitrogens with one attached hydrogen (secondary N) is 3. The lowest BCUT2D eigenvalue weighted by Gasteiger charge is -2.64. The molecule has 4 saturated carbocycles. The molecule has 5 fully saturated rings. The third kappa shape index (κ3) is 5.34. The number of ether oxygens (including phenoxy) is 2. The summed E-state index contributed by atoms with van der Waals surface area (Å²) in [5, 5.41) is 82.8. The molecule has 12 aliphatic rings. The first-order valence-corrected chi connectivity index (χ1v) is 27.8. The summed E-state index contributed by atoms with van der Waals surface area (Å²) in [7, 11) is 0. The molecular weight excluding hydrogens is 951 g/mol. The molecule has 5 aromatic rings. The summed E-state index contributed by atoms with van der Waals surface area (Å²) < 4.78 is 14.9. The van der Waals surface area contributed by atoms with Crippen LogP contribution in [0.3, 0.4) is 0 Å². The van der Waals surface area contributed by atoms with Crippen LogP contribution in [0.4, 0.5) is 5.82 Å². The number of aryl methyl sites for hydroxylation is 1. The van der Waals surface area contributed by atoms with Crippen LogP contribution in [0.5, 0.6) is 11.5 Å². The third-order valence-corrected chi connectivity index (χ3v) is 22.0. The number of aromatic nitrogens is 4. The second-order valence-corrected chi connectivity index (χ2v) is 25.1. The average molecular weight is 1010 g/mol. The molecule has 5 spiro atoms. The molecule has 2 aromatic carbocycles. The normalized spacial score (nSPS) is 38.4. The lowest BCUT2D eigenvalue weighted by Crippen LogP contribution is -2.78. The van der Waals surface area contributed by atoms with Crippen molar-refractivity contribution in [2.24, 2.45) is 22.2 Å². The van der Waals surface area contributed by atoms with Crippen LogP contribution >= 0.6 is 0 Å². The summed E-state index contributed by atoms with van der Waals surface area (Å²) in [6.07, 6.45) is 13.3. The maximum absolute atomic E-state index is 15.3. The number of benzene rings is 2. The molecule has 1 saturated heterocycles. The van der Waals surface area contributed by atoms with E-state index in [0.29, 0.717) is 64.9 Å². The van der Waals surface area contributed by atoms with Crippen LogP contribution in [-0.2, 0) is 16.6 Å². The molecule has 0 radical (unpaired) electrons. The van der Waals surface area contributed by atoms with E-state index in [1.807, 2.05) is 6.20 Å². The van der Waals surface area contributed by atoms with Crippen LogP contribution in [-0.4, -0.2) is 111 Å². The number of ketones is 2. The Balaban J connectivity index is 1.04. The minimum Gasteiger partial charge on any atom is -0.507 e. The number of H-pyrrole nitrogens is 2. The second kappa shape index (κ2) is 14.9. The number of nitrogens with zero attached hydrogens (tertiary/aromatic N) is 2. The Morgan fingerprint density at radius 1 is 0.840 bits per heavy atom. The van der Waals surface area contributed by atoms with Crippen LogP contribution in [0.15, 0.2) is 60.2 Å². The Morgan fingerprint density at radius 2 is 1.68 bits per heavy atom. The van der Waals surface area contributed by atoms with Crippen LogP contribution in [0.1, 0.15) is 174 Å². The lowest BCUT2D eigenvalue weighted by atomic mass is 9.50. The SMILES string of the molecule is Cc1cc(O)c2c(c1)C(=O)c1c(c3cc4c(nccc14)NCC(O)C14CCCC1c1c([nH]c5c1CCC1CCCCC51c1cnc[nH]1)C1=CC5(O3)OC3(C1=C4CC1(CCC4(CCCC4)C1)C3O)C(O)C(O)C5O)C2=O. The van der Waals surface area contributed by atoms with Crippen molar-refractivity contribution in [1.82, 2.24) is 19.9 Å². The van der Waals surface area contributed by atoms with E-state index < -0.39 is 69.7 Å². The summed E-state index contributed by atoms with van der Waals surface area (Å²) in [6.45, 7) is 1.76. The number of imidazole rings is 1. The van der Waals surface area contributed by atoms with E-state index in [-0.39, 0.29) is 51.6 Å². The van der Waals surface area contributed by atoms with E-state index in [2.05, 4.69) is 20.3 Å². The van der Waals surface area contributed by atoms with Crippen molar-refractivity contribution < 1.29 is 49.7 Å². The summed E-state index contributed by atoms with van der Waals surface area (Å²) in [5.41, 5.74) is 2.88. The highest BCUT2D eigenvalue weighted by Crippen LogP contribution is 2.74. The molecule has 7 heterocycles. The summed E-state index contributed by atoms with van der Waals surface area (Å²) in [4.78, 5) is 47.6. The standard InChI is InChI=1S/C60H63N5O10/c1-28-19-33-42(37(66)20-28)48(69)44-38-21-32-30(43(44)47(33)68)11-18-62-53(32)63-25-40(67)58-15-6-8-35(58)41-31-10-9-29-7-2-3-14-57(29,39-24-61-27-64-39)50(31)65-46(41)34-22-59(74-38)51(71)49(70)52(72)60(75-59)45(34)36(58)23-56(54(60)73)17-16-55(26-56)12-4-5-13-55/h11,18-22,24,27,29,35,40,49,51-52,54,65-67,70-73H,2-10,12-17,23,25-26H2,1H3,(H,61,64)(H,62,63). The van der Waals surface area contributed by atoms with Gasteiger partial charge in [0.2, 0.25) is 5.78 Å². The van der Waals surface area contributed by atoms with Crippen LogP contribution in [0.25, 0.3) is 16.3 Å². The number of aliphatic hydroxyl groups is 5. The zero-order valence-corrected chi connectivity index (χ0v) is 42.1. The van der Waals surface area contributed by atoms with Crippen LogP contribution in [0, 0.1) is 29.1 Å². The van der Waals surface area contributed by atoms with Gasteiger partial charge in [-0.15, -0.1) is 0 Å². The molecule has 12 atom stereocenters. The number of pyridine rings is 1. The van der Waals surface area contributed by atoms with Gasteiger partial charge in [-0.25, -0.2) is 9.97 Å². The van der Waals surface area contributed by atoms with Crippen LogP contribution in [0.2, 0.25) is 0 Å². The van der Waals surface area contributed by atoms with Crippen molar-refractivity contribution in [3.63, 3.8) is 0 Å². The quantitative estimate of drug-likeness (QED) is 0.0783. The van der Waals surface area contributed by atoms with Gasteiger partial charge in [-0.05, 0) is 159 Å². The summed E-state index contributed by atoms with van der Waals surface area (Å²) in [6, 6.07) is 6.26. The Hall–Kier alpha value is -5.68. The molecule has 9 N–H and O–H groups in total. The molecule has 8 aliphatic carbocycles. The first-order valence-electron chi connectivity index (χ1n) is 27.8. The van der Waals surface area contributed by atoms with Crippen molar-refractivity contribution in [1.29, 1.82) is 0 Å². The van der Waals surface area contributed by atoms with Gasteiger partial charge in [-0.1, -0.05) is 37.7 Å². The van der Waals surface area contributed by atoms with E-state index in [1.165, 1.54) is 11.6 Å². The minimum absolute atomic E-state index is 0.00504. The number of fused-ring (bicyclic) bond motifs is 11. The zero-order valence-electron chi connectivity index (χ0n) is 42.1. The zero-order chi connectivity index (χ0) is 50.9. The van der Waals surface area contributed by atoms with Crippen LogP contribution < -0.4 is 10.1 Å². The number of anilines is 1. The first-order chi connectivity index (χ1) is 36.2. The number of aliphatic hydroxyl groups excluding tert-OH is 5. The molecular formula is C60H63N5O10. The minimum atomic E-state index is -2.44. The Morgan fingerprint density at radius 3 is 2.51 bits per heavy atom. The molecule has 4 aliphatic heterocycles. The van der Waals surface area contributed by atoms with E-state index in [0.717, 1.165) is 112 Å². The fourth-order valence-electron chi connectivity index (χ4n) is 19.1. The van der Waals surface area contributed by atoms with Gasteiger partial charge >= 0.3 is 0 Å². The molecule has 388 valence electrons. The van der Waals surface area contributed by atoms with Gasteiger partial charge in [0.15, 0.2) is 17.5 Å². The summed E-state index contributed by atoms with van der Waals surface area (Å²) >= 11 is 0. The monoisotopic (exact) mass is 1010 g/mol. The Bertz CT molecular complexity index is 3460. The highest BCUT2D eigenvalue weighted by atomic mass is 16.7. The Labute approximate surface area is 432 Å². The molecule has 12 unspecified atom stereocenters. The molecule has 17 rings (SSSR count). The van der Waals surface area contributed by atoms with Gasteiger partial charge in [-0.3, -0.25) is 9.59 Å². The number of phenols is 1. The van der Waals surface area contributed by atoms with Gasteiger partial charge in [0.05, 0.1) is 35.1 Å². The molecule has 15 nitrogen and oxygen atoms in total. The van der Waals surface area contributed by atoms with E-state index >= 15 is 9.59 Å². The highest BCUT2D eigenvalue weighted by Gasteiger charge is 2.76. The van der Waals surface area contributed by atoms with Crippen molar-refractivity contribution in [2.75, 3.05) is 11.9 Å². The molecule has 15 heteroatoms. The first kappa shape index (κ1) is 45.5. The van der Waals surface area contributed by atoms with Gasteiger partial charge < -0.3 is 55.4 Å². The fraction of sp³-hybridized carbons (Fsp3) is 0.533. The number of aromatic amines is 2. The van der Waals surface area contributed by atoms with Crippen molar-refractivity contribution >= 4 is 33.7 Å². The lowest BCUT2D eigenvalue weighted by molar-refractivity contribution is -0.366. The highest BCUT2D eigenvalue weighted by molar-refractivity contribution is 6.34. The number of hydrogen-bond acceptors (Lipinski definition) is 13. The maximum Gasteiger partial charge on any atom is 0.261 e.